The number of alkyl halides is 3. The lowest BCUT2D eigenvalue weighted by Crippen LogP contribution is -2.20. The SMILES string of the molecule is Cn1ccc(NC(=O)COc2ccc(C(F)(F)F)cc2)n1. The zero-order chi connectivity index (χ0) is 15.5. The smallest absolute Gasteiger partial charge is 0.416 e. The van der Waals surface area contributed by atoms with E-state index in [9.17, 15) is 18.0 Å². The third-order valence-electron chi connectivity index (χ3n) is 2.53. The molecule has 1 heterocycles. The minimum absolute atomic E-state index is 0.180. The van der Waals surface area contributed by atoms with E-state index in [1.54, 1.807) is 19.3 Å². The lowest BCUT2D eigenvalue weighted by molar-refractivity contribution is -0.137. The first kappa shape index (κ1) is 14.9. The van der Waals surface area contributed by atoms with Gasteiger partial charge in [-0.1, -0.05) is 0 Å². The van der Waals surface area contributed by atoms with Crippen molar-refractivity contribution in [2.75, 3.05) is 11.9 Å². The van der Waals surface area contributed by atoms with Gasteiger partial charge in [0.15, 0.2) is 12.4 Å². The van der Waals surface area contributed by atoms with Gasteiger partial charge in [-0.05, 0) is 24.3 Å². The summed E-state index contributed by atoms with van der Waals surface area (Å²) in [5, 5.41) is 6.44. The van der Waals surface area contributed by atoms with Crippen molar-refractivity contribution in [3.8, 4) is 5.75 Å². The van der Waals surface area contributed by atoms with Gasteiger partial charge in [-0.25, -0.2) is 0 Å². The van der Waals surface area contributed by atoms with E-state index >= 15 is 0 Å². The second-order valence-electron chi connectivity index (χ2n) is 4.23. The number of hydrogen-bond acceptors (Lipinski definition) is 3. The number of aryl methyl sites for hydroxylation is 1. The van der Waals surface area contributed by atoms with Crippen LogP contribution in [0.15, 0.2) is 36.5 Å². The van der Waals surface area contributed by atoms with E-state index < -0.39 is 17.6 Å². The zero-order valence-electron chi connectivity index (χ0n) is 11.0. The van der Waals surface area contributed by atoms with Gasteiger partial charge >= 0.3 is 6.18 Å². The molecule has 0 fully saturated rings. The largest absolute Gasteiger partial charge is 0.484 e. The summed E-state index contributed by atoms with van der Waals surface area (Å²) in [7, 11) is 1.70. The number of ether oxygens (including phenoxy) is 1. The van der Waals surface area contributed by atoms with Crippen LogP contribution in [0.3, 0.4) is 0 Å². The molecular weight excluding hydrogens is 287 g/mol. The van der Waals surface area contributed by atoms with E-state index in [4.69, 9.17) is 4.74 Å². The minimum Gasteiger partial charge on any atom is -0.484 e. The normalized spacial score (nSPS) is 11.2. The molecule has 112 valence electrons. The van der Waals surface area contributed by atoms with E-state index in [2.05, 4.69) is 10.4 Å². The summed E-state index contributed by atoms with van der Waals surface area (Å²) in [5.41, 5.74) is -0.771. The molecule has 0 aliphatic carbocycles. The molecule has 1 aromatic heterocycles. The molecule has 0 aliphatic rings. The van der Waals surface area contributed by atoms with E-state index in [1.165, 1.54) is 4.68 Å². The van der Waals surface area contributed by atoms with E-state index in [-0.39, 0.29) is 12.4 Å². The molecule has 0 atom stereocenters. The van der Waals surface area contributed by atoms with Gasteiger partial charge in [-0.2, -0.15) is 18.3 Å². The highest BCUT2D eigenvalue weighted by Gasteiger charge is 2.30. The maximum absolute atomic E-state index is 12.4. The lowest BCUT2D eigenvalue weighted by Gasteiger charge is -2.09. The summed E-state index contributed by atoms with van der Waals surface area (Å²) in [5.74, 6) is 0.103. The highest BCUT2D eigenvalue weighted by molar-refractivity contribution is 5.90. The van der Waals surface area contributed by atoms with Crippen LogP contribution >= 0.6 is 0 Å². The van der Waals surface area contributed by atoms with E-state index in [0.29, 0.717) is 5.82 Å². The molecule has 1 N–H and O–H groups in total. The number of carbonyl (C=O) groups is 1. The van der Waals surface area contributed by atoms with Crippen molar-refractivity contribution in [3.63, 3.8) is 0 Å². The molecule has 0 bridgehead atoms. The summed E-state index contributed by atoms with van der Waals surface area (Å²) in [6.07, 6.45) is -2.73. The number of hydrogen-bond donors (Lipinski definition) is 1. The van der Waals surface area contributed by atoms with Crippen LogP contribution in [0.25, 0.3) is 0 Å². The Morgan fingerprint density at radius 1 is 1.29 bits per heavy atom. The average molecular weight is 299 g/mol. The van der Waals surface area contributed by atoms with Gasteiger partial charge in [0, 0.05) is 19.3 Å². The Morgan fingerprint density at radius 3 is 2.48 bits per heavy atom. The number of rotatable bonds is 4. The van der Waals surface area contributed by atoms with Crippen LogP contribution in [-0.4, -0.2) is 22.3 Å². The molecule has 0 spiro atoms. The first-order chi connectivity index (χ1) is 9.84. The highest BCUT2D eigenvalue weighted by atomic mass is 19.4. The Hall–Kier alpha value is -2.51. The Kier molecular flexibility index (Phi) is 4.15. The van der Waals surface area contributed by atoms with Gasteiger partial charge in [0.25, 0.3) is 5.91 Å². The average Bonchev–Trinajstić information content (AvgIpc) is 2.81. The number of benzene rings is 1. The van der Waals surface area contributed by atoms with Crippen LogP contribution in [0.1, 0.15) is 5.56 Å². The highest BCUT2D eigenvalue weighted by Crippen LogP contribution is 2.30. The molecular formula is C13H12F3N3O2. The fourth-order valence-corrected chi connectivity index (χ4v) is 1.55. The monoisotopic (exact) mass is 299 g/mol. The van der Waals surface area contributed by atoms with Crippen molar-refractivity contribution in [2.24, 2.45) is 7.05 Å². The van der Waals surface area contributed by atoms with Crippen molar-refractivity contribution in [1.82, 2.24) is 9.78 Å². The standard InChI is InChI=1S/C13H12F3N3O2/c1-19-7-6-11(18-19)17-12(20)8-21-10-4-2-9(3-5-10)13(14,15)16/h2-7H,8H2,1H3,(H,17,18,20). The van der Waals surface area contributed by atoms with Crippen molar-refractivity contribution >= 4 is 11.7 Å². The van der Waals surface area contributed by atoms with E-state index in [0.717, 1.165) is 24.3 Å². The topological polar surface area (TPSA) is 56.2 Å². The Balaban J connectivity index is 1.86. The molecule has 0 radical (unpaired) electrons. The maximum Gasteiger partial charge on any atom is 0.416 e. The van der Waals surface area contributed by atoms with Crippen molar-refractivity contribution < 1.29 is 22.7 Å². The van der Waals surface area contributed by atoms with Gasteiger partial charge < -0.3 is 10.1 Å². The molecule has 0 aliphatic heterocycles. The number of carbonyl (C=O) groups excluding carboxylic acids is 1. The van der Waals surface area contributed by atoms with Crippen LogP contribution in [-0.2, 0) is 18.0 Å². The summed E-state index contributed by atoms with van der Waals surface area (Å²) in [6, 6.07) is 5.72. The summed E-state index contributed by atoms with van der Waals surface area (Å²) >= 11 is 0. The zero-order valence-corrected chi connectivity index (χ0v) is 11.0. The summed E-state index contributed by atoms with van der Waals surface area (Å²) < 4.78 is 43.7. The van der Waals surface area contributed by atoms with Gasteiger partial charge in [0.05, 0.1) is 5.56 Å². The Morgan fingerprint density at radius 2 is 1.95 bits per heavy atom. The predicted molar refractivity (Wildman–Crippen MR) is 68.8 cm³/mol. The van der Waals surface area contributed by atoms with Crippen LogP contribution in [0.4, 0.5) is 19.0 Å². The molecule has 2 aromatic rings. The molecule has 1 aromatic carbocycles. The second kappa shape index (κ2) is 5.86. The summed E-state index contributed by atoms with van der Waals surface area (Å²) in [6.45, 7) is -0.318. The number of amides is 1. The number of nitrogens with one attached hydrogen (secondary N) is 1. The fraction of sp³-hybridized carbons (Fsp3) is 0.231. The van der Waals surface area contributed by atoms with Crippen molar-refractivity contribution in [2.45, 2.75) is 6.18 Å². The number of halogens is 3. The van der Waals surface area contributed by atoms with Gasteiger partial charge in [0.2, 0.25) is 0 Å². The molecule has 0 saturated heterocycles. The van der Waals surface area contributed by atoms with E-state index in [1.807, 2.05) is 0 Å². The van der Waals surface area contributed by atoms with Crippen LogP contribution in [0.5, 0.6) is 5.75 Å². The molecule has 1 amide bonds. The number of anilines is 1. The maximum atomic E-state index is 12.4. The number of nitrogens with zero attached hydrogens (tertiary/aromatic N) is 2. The van der Waals surface area contributed by atoms with Gasteiger partial charge in [0.1, 0.15) is 5.75 Å². The molecule has 0 unspecified atom stereocenters. The molecule has 21 heavy (non-hydrogen) atoms. The quantitative estimate of drug-likeness (QED) is 0.943. The molecule has 2 rings (SSSR count). The molecule has 8 heteroatoms. The summed E-state index contributed by atoms with van der Waals surface area (Å²) in [4.78, 5) is 11.6. The van der Waals surface area contributed by atoms with Gasteiger partial charge in [-0.3, -0.25) is 9.48 Å². The second-order valence-corrected chi connectivity index (χ2v) is 4.23. The third kappa shape index (κ3) is 4.23. The lowest BCUT2D eigenvalue weighted by atomic mass is 10.2. The first-order valence-electron chi connectivity index (χ1n) is 5.94. The van der Waals surface area contributed by atoms with Crippen molar-refractivity contribution in [1.29, 1.82) is 0 Å². The predicted octanol–water partition coefficient (Wildman–Crippen LogP) is 2.46. The van der Waals surface area contributed by atoms with Crippen LogP contribution in [0, 0.1) is 0 Å². The number of aromatic nitrogens is 2. The van der Waals surface area contributed by atoms with Crippen molar-refractivity contribution in [3.05, 3.63) is 42.1 Å². The molecule has 5 nitrogen and oxygen atoms in total. The van der Waals surface area contributed by atoms with Crippen LogP contribution < -0.4 is 10.1 Å². The van der Waals surface area contributed by atoms with Gasteiger partial charge in [-0.15, -0.1) is 0 Å². The minimum atomic E-state index is -4.39. The third-order valence-corrected chi connectivity index (χ3v) is 2.53. The Labute approximate surface area is 118 Å². The fourth-order valence-electron chi connectivity index (χ4n) is 1.55. The first-order valence-corrected chi connectivity index (χ1v) is 5.94. The Bertz CT molecular complexity index is 620. The van der Waals surface area contributed by atoms with Crippen LogP contribution in [0.2, 0.25) is 0 Å². The molecule has 0 saturated carbocycles.